The Balaban J connectivity index is 1.91. The molecule has 0 saturated heterocycles. The minimum atomic E-state index is -0.348. The molecule has 26 heavy (non-hydrogen) atoms. The van der Waals surface area contributed by atoms with Crippen molar-refractivity contribution in [1.29, 1.82) is 0 Å². The van der Waals surface area contributed by atoms with Crippen LogP contribution in [0.15, 0.2) is 42.7 Å². The van der Waals surface area contributed by atoms with Gasteiger partial charge in [-0.05, 0) is 43.7 Å². The molecule has 132 valence electrons. The normalized spacial score (nSPS) is 11.3. The fourth-order valence-electron chi connectivity index (χ4n) is 3.00. The van der Waals surface area contributed by atoms with Crippen molar-refractivity contribution in [3.63, 3.8) is 0 Å². The second kappa shape index (κ2) is 6.71. The number of ether oxygens (including phenoxy) is 1. The van der Waals surface area contributed by atoms with Crippen LogP contribution in [0.25, 0.3) is 28.1 Å². The number of benzene rings is 1. The lowest BCUT2D eigenvalue weighted by molar-refractivity contribution is 0.309. The Morgan fingerprint density at radius 3 is 2.92 bits per heavy atom. The maximum atomic E-state index is 14.6. The van der Waals surface area contributed by atoms with Crippen molar-refractivity contribution in [3.05, 3.63) is 54.2 Å². The van der Waals surface area contributed by atoms with E-state index in [9.17, 15) is 4.39 Å². The minimum Gasteiger partial charge on any atom is -0.494 e. The molecule has 0 amide bonds. The van der Waals surface area contributed by atoms with Gasteiger partial charge in [-0.1, -0.05) is 13.3 Å². The van der Waals surface area contributed by atoms with Crippen LogP contribution in [-0.4, -0.2) is 26.0 Å². The molecule has 0 radical (unpaired) electrons. The van der Waals surface area contributed by atoms with Crippen molar-refractivity contribution in [3.8, 4) is 17.1 Å². The first-order valence-corrected chi connectivity index (χ1v) is 8.70. The van der Waals surface area contributed by atoms with Crippen LogP contribution < -0.4 is 4.74 Å². The van der Waals surface area contributed by atoms with E-state index in [1.54, 1.807) is 24.5 Å². The predicted molar refractivity (Wildman–Crippen MR) is 98.8 cm³/mol. The highest BCUT2D eigenvalue weighted by Crippen LogP contribution is 2.29. The Bertz CT molecular complexity index is 1090. The highest BCUT2D eigenvalue weighted by Gasteiger charge is 2.17. The Hall–Kier alpha value is -3.02. The summed E-state index contributed by atoms with van der Waals surface area (Å²) in [6.07, 6.45) is 5.40. The van der Waals surface area contributed by atoms with Crippen molar-refractivity contribution in [2.45, 2.75) is 26.7 Å². The third kappa shape index (κ3) is 2.77. The summed E-state index contributed by atoms with van der Waals surface area (Å²) >= 11 is 0. The Morgan fingerprint density at radius 1 is 1.19 bits per heavy atom. The molecule has 3 heterocycles. The summed E-state index contributed by atoms with van der Waals surface area (Å²) in [6.45, 7) is 4.62. The van der Waals surface area contributed by atoms with Crippen LogP contribution in [-0.2, 0) is 0 Å². The van der Waals surface area contributed by atoms with E-state index in [-0.39, 0.29) is 5.82 Å². The molecular weight excluding hydrogens is 331 g/mol. The van der Waals surface area contributed by atoms with Crippen LogP contribution in [0.2, 0.25) is 0 Å². The summed E-state index contributed by atoms with van der Waals surface area (Å²) in [4.78, 5) is 13.4. The van der Waals surface area contributed by atoms with Crippen LogP contribution >= 0.6 is 0 Å². The quantitative estimate of drug-likeness (QED) is 0.495. The second-order valence-electron chi connectivity index (χ2n) is 6.19. The molecule has 0 aliphatic heterocycles. The van der Waals surface area contributed by atoms with Crippen molar-refractivity contribution >= 4 is 16.7 Å². The van der Waals surface area contributed by atoms with Gasteiger partial charge in [0.15, 0.2) is 5.65 Å². The molecule has 0 aliphatic carbocycles. The highest BCUT2D eigenvalue weighted by atomic mass is 19.1. The Labute approximate surface area is 150 Å². The summed E-state index contributed by atoms with van der Waals surface area (Å²) in [6, 6.07) is 8.48. The number of rotatable bonds is 5. The molecule has 0 aliphatic rings. The number of pyridine rings is 1. The largest absolute Gasteiger partial charge is 0.494 e. The van der Waals surface area contributed by atoms with Crippen LogP contribution in [0, 0.1) is 12.7 Å². The number of nitrogens with zero attached hydrogens (tertiary/aromatic N) is 4. The number of hydrogen-bond acceptors (Lipinski definition) is 4. The molecule has 6 heteroatoms. The molecule has 1 aromatic carbocycles. The number of fused-ring (bicyclic) bond motifs is 3. The number of imidazole rings is 1. The zero-order valence-electron chi connectivity index (χ0n) is 14.7. The molecule has 0 saturated carbocycles. The summed E-state index contributed by atoms with van der Waals surface area (Å²) in [5.74, 6) is 0.779. The van der Waals surface area contributed by atoms with Crippen LogP contribution in [0.1, 0.15) is 25.5 Å². The molecule has 5 nitrogen and oxygen atoms in total. The molecule has 0 unspecified atom stereocenters. The van der Waals surface area contributed by atoms with Gasteiger partial charge in [0.1, 0.15) is 22.9 Å². The van der Waals surface area contributed by atoms with Gasteiger partial charge in [-0.3, -0.25) is 4.40 Å². The topological polar surface area (TPSA) is 52.3 Å². The maximum Gasteiger partial charge on any atom is 0.164 e. The van der Waals surface area contributed by atoms with Crippen molar-refractivity contribution in [2.24, 2.45) is 0 Å². The van der Waals surface area contributed by atoms with Crippen molar-refractivity contribution < 1.29 is 9.13 Å². The maximum absolute atomic E-state index is 14.6. The molecular formula is C20H19FN4O. The summed E-state index contributed by atoms with van der Waals surface area (Å²) in [5.41, 5.74) is 3.41. The third-order valence-electron chi connectivity index (χ3n) is 4.34. The first-order valence-electron chi connectivity index (χ1n) is 8.70. The number of aromatic nitrogens is 4. The SMILES string of the molecule is CCCCOc1ccc(F)c(-c2ncc3c(C)nc4cccnc4n23)c1. The lowest BCUT2D eigenvalue weighted by atomic mass is 10.2. The van der Waals surface area contributed by atoms with E-state index in [1.807, 2.05) is 23.5 Å². The summed E-state index contributed by atoms with van der Waals surface area (Å²) in [7, 11) is 0. The fraction of sp³-hybridized carbons (Fsp3) is 0.250. The number of aryl methyl sites for hydroxylation is 1. The first kappa shape index (κ1) is 16.4. The van der Waals surface area contributed by atoms with E-state index >= 15 is 0 Å². The van der Waals surface area contributed by atoms with E-state index in [1.165, 1.54) is 6.07 Å². The molecule has 4 aromatic rings. The van der Waals surface area contributed by atoms with Crippen LogP contribution in [0.5, 0.6) is 5.75 Å². The van der Waals surface area contributed by atoms with Gasteiger partial charge in [0.25, 0.3) is 0 Å². The van der Waals surface area contributed by atoms with Gasteiger partial charge < -0.3 is 4.74 Å². The Morgan fingerprint density at radius 2 is 2.08 bits per heavy atom. The summed E-state index contributed by atoms with van der Waals surface area (Å²) < 4.78 is 22.2. The fourth-order valence-corrected chi connectivity index (χ4v) is 3.00. The standard InChI is InChI=1S/C20H19FN4O/c1-3-4-10-26-14-7-8-16(21)15(11-14)19-23-12-18-13(2)24-17-6-5-9-22-20(17)25(18)19/h5-9,11-12H,3-4,10H2,1-2H3. The van der Waals surface area contributed by atoms with Crippen LogP contribution in [0.4, 0.5) is 4.39 Å². The molecule has 4 rings (SSSR count). The second-order valence-corrected chi connectivity index (χ2v) is 6.19. The van der Waals surface area contributed by atoms with Gasteiger partial charge in [0, 0.05) is 6.20 Å². The monoisotopic (exact) mass is 350 g/mol. The molecule has 0 N–H and O–H groups in total. The predicted octanol–water partition coefficient (Wildman–Crippen LogP) is 4.57. The Kier molecular flexibility index (Phi) is 4.24. The zero-order valence-corrected chi connectivity index (χ0v) is 14.7. The van der Waals surface area contributed by atoms with E-state index in [4.69, 9.17) is 4.74 Å². The van der Waals surface area contributed by atoms with Crippen molar-refractivity contribution in [1.82, 2.24) is 19.4 Å². The average molecular weight is 350 g/mol. The minimum absolute atomic E-state index is 0.348. The number of hydrogen-bond donors (Lipinski definition) is 0. The van der Waals surface area contributed by atoms with E-state index in [0.717, 1.165) is 29.6 Å². The summed E-state index contributed by atoms with van der Waals surface area (Å²) in [5, 5.41) is 0. The molecule has 0 spiro atoms. The van der Waals surface area contributed by atoms with Gasteiger partial charge in [-0.25, -0.2) is 19.3 Å². The van der Waals surface area contributed by atoms with E-state index < -0.39 is 0 Å². The van der Waals surface area contributed by atoms with Gasteiger partial charge in [0.2, 0.25) is 0 Å². The number of unbranched alkanes of at least 4 members (excludes halogenated alkanes) is 1. The third-order valence-corrected chi connectivity index (χ3v) is 4.34. The van der Waals surface area contributed by atoms with E-state index in [2.05, 4.69) is 21.9 Å². The molecule has 0 atom stereocenters. The van der Waals surface area contributed by atoms with E-state index in [0.29, 0.717) is 29.4 Å². The smallest absolute Gasteiger partial charge is 0.164 e. The first-order chi connectivity index (χ1) is 12.7. The van der Waals surface area contributed by atoms with Gasteiger partial charge in [0.05, 0.1) is 29.6 Å². The molecule has 0 fully saturated rings. The highest BCUT2D eigenvalue weighted by molar-refractivity contribution is 5.79. The van der Waals surface area contributed by atoms with Gasteiger partial charge >= 0.3 is 0 Å². The lowest BCUT2D eigenvalue weighted by Gasteiger charge is -2.10. The van der Waals surface area contributed by atoms with Gasteiger partial charge in [-0.2, -0.15) is 0 Å². The van der Waals surface area contributed by atoms with Crippen LogP contribution in [0.3, 0.4) is 0 Å². The zero-order chi connectivity index (χ0) is 18.1. The van der Waals surface area contributed by atoms with Gasteiger partial charge in [-0.15, -0.1) is 0 Å². The molecule has 0 bridgehead atoms. The van der Waals surface area contributed by atoms with Crippen molar-refractivity contribution in [2.75, 3.05) is 6.61 Å². The molecule has 3 aromatic heterocycles. The number of halogens is 1. The average Bonchev–Trinajstić information content (AvgIpc) is 3.09. The lowest BCUT2D eigenvalue weighted by Crippen LogP contribution is -2.01.